The number of nitrogens with zero attached hydrogens (tertiary/aromatic N) is 1. The predicted octanol–water partition coefficient (Wildman–Crippen LogP) is 4.84. The second kappa shape index (κ2) is 8.41. The number of benzene rings is 3. The maximum Gasteiger partial charge on any atom is 0.238 e. The molecule has 3 aromatic rings. The maximum atomic E-state index is 12.7. The second-order valence-electron chi connectivity index (χ2n) is 7.54. The molecule has 1 amide bonds. The Balaban J connectivity index is 1.42. The van der Waals surface area contributed by atoms with Crippen molar-refractivity contribution in [1.82, 2.24) is 4.90 Å². The third-order valence-corrected chi connectivity index (χ3v) is 5.56. The van der Waals surface area contributed by atoms with Crippen LogP contribution < -0.4 is 5.32 Å². The summed E-state index contributed by atoms with van der Waals surface area (Å²) in [5.41, 5.74) is 6.05. The summed E-state index contributed by atoms with van der Waals surface area (Å²) in [6, 6.07) is 27.3. The van der Waals surface area contributed by atoms with E-state index in [0.29, 0.717) is 12.6 Å². The third kappa shape index (κ3) is 4.15. The molecule has 0 saturated carbocycles. The van der Waals surface area contributed by atoms with Crippen LogP contribution >= 0.6 is 0 Å². The summed E-state index contributed by atoms with van der Waals surface area (Å²) in [4.78, 5) is 14.9. The zero-order valence-electron chi connectivity index (χ0n) is 16.3. The zero-order chi connectivity index (χ0) is 19.3. The predicted molar refractivity (Wildman–Crippen MR) is 114 cm³/mol. The van der Waals surface area contributed by atoms with Gasteiger partial charge in [-0.2, -0.15) is 0 Å². The van der Waals surface area contributed by atoms with E-state index in [9.17, 15) is 4.79 Å². The molecule has 3 nitrogen and oxygen atoms in total. The SMILES string of the molecule is CN(CC(=O)Nc1ccccc1Cc1ccccc1)[C@@H]1CCc2ccccc21. The van der Waals surface area contributed by atoms with E-state index in [2.05, 4.69) is 52.7 Å². The van der Waals surface area contributed by atoms with Gasteiger partial charge in [0, 0.05) is 11.7 Å². The van der Waals surface area contributed by atoms with Crippen LogP contribution in [0.5, 0.6) is 0 Å². The normalized spacial score (nSPS) is 15.4. The topological polar surface area (TPSA) is 32.3 Å². The summed E-state index contributed by atoms with van der Waals surface area (Å²) in [6.45, 7) is 0.388. The molecule has 0 fully saturated rings. The molecule has 0 aromatic heterocycles. The van der Waals surface area contributed by atoms with Gasteiger partial charge in [-0.05, 0) is 54.6 Å². The van der Waals surface area contributed by atoms with Gasteiger partial charge in [-0.3, -0.25) is 9.69 Å². The molecule has 1 aliphatic carbocycles. The minimum atomic E-state index is 0.0346. The summed E-state index contributed by atoms with van der Waals surface area (Å²) < 4.78 is 0. The van der Waals surface area contributed by atoms with Crippen LogP contribution in [0.2, 0.25) is 0 Å². The lowest BCUT2D eigenvalue weighted by Gasteiger charge is -2.25. The van der Waals surface area contributed by atoms with Crippen molar-refractivity contribution in [2.75, 3.05) is 18.9 Å². The number of nitrogens with one attached hydrogen (secondary N) is 1. The molecule has 142 valence electrons. The molecule has 0 radical (unpaired) electrons. The van der Waals surface area contributed by atoms with Crippen LogP contribution in [0.3, 0.4) is 0 Å². The summed E-state index contributed by atoms with van der Waals surface area (Å²) >= 11 is 0. The largest absolute Gasteiger partial charge is 0.325 e. The van der Waals surface area contributed by atoms with Crippen LogP contribution in [-0.4, -0.2) is 24.4 Å². The number of likely N-dealkylation sites (N-methyl/N-ethyl adjacent to an activating group) is 1. The molecule has 0 heterocycles. The quantitative estimate of drug-likeness (QED) is 0.674. The molecular formula is C25H26N2O. The first-order chi connectivity index (χ1) is 13.7. The van der Waals surface area contributed by atoms with E-state index in [1.807, 2.05) is 43.4 Å². The third-order valence-electron chi connectivity index (χ3n) is 5.56. The molecule has 28 heavy (non-hydrogen) atoms. The fraction of sp³-hybridized carbons (Fsp3) is 0.240. The molecule has 4 rings (SSSR count). The lowest BCUT2D eigenvalue weighted by atomic mass is 10.0. The highest BCUT2D eigenvalue weighted by Crippen LogP contribution is 2.34. The second-order valence-corrected chi connectivity index (χ2v) is 7.54. The molecular weight excluding hydrogens is 344 g/mol. The van der Waals surface area contributed by atoms with Crippen LogP contribution in [0, 0.1) is 0 Å². The van der Waals surface area contributed by atoms with E-state index in [1.54, 1.807) is 0 Å². The molecule has 0 aliphatic heterocycles. The Labute approximate surface area is 167 Å². The van der Waals surface area contributed by atoms with Gasteiger partial charge in [0.05, 0.1) is 6.54 Å². The summed E-state index contributed by atoms with van der Waals surface area (Å²) in [6.07, 6.45) is 2.98. The molecule has 0 saturated heterocycles. The zero-order valence-corrected chi connectivity index (χ0v) is 16.3. The number of aryl methyl sites for hydroxylation is 1. The number of hydrogen-bond donors (Lipinski definition) is 1. The smallest absolute Gasteiger partial charge is 0.238 e. The molecule has 1 aliphatic rings. The number of fused-ring (bicyclic) bond motifs is 1. The van der Waals surface area contributed by atoms with E-state index in [0.717, 1.165) is 30.5 Å². The van der Waals surface area contributed by atoms with Gasteiger partial charge < -0.3 is 5.32 Å². The minimum Gasteiger partial charge on any atom is -0.325 e. The molecule has 3 aromatic carbocycles. The molecule has 0 spiro atoms. The number of anilines is 1. The first kappa shape index (κ1) is 18.5. The monoisotopic (exact) mass is 370 g/mol. The van der Waals surface area contributed by atoms with Crippen molar-refractivity contribution in [3.63, 3.8) is 0 Å². The first-order valence-electron chi connectivity index (χ1n) is 9.90. The van der Waals surface area contributed by atoms with Crippen molar-refractivity contribution in [3.8, 4) is 0 Å². The van der Waals surface area contributed by atoms with Gasteiger partial charge in [0.1, 0.15) is 0 Å². The average Bonchev–Trinajstić information content (AvgIpc) is 3.14. The van der Waals surface area contributed by atoms with Gasteiger partial charge in [0.15, 0.2) is 0 Å². The Kier molecular flexibility index (Phi) is 5.54. The lowest BCUT2D eigenvalue weighted by Crippen LogP contribution is -2.32. The molecule has 0 bridgehead atoms. The Morgan fingerprint density at radius 3 is 2.54 bits per heavy atom. The standard InChI is InChI=1S/C25H26N2O/c1-27(24-16-15-20-11-5-7-13-22(20)24)18-25(28)26-23-14-8-6-12-21(23)17-19-9-3-2-4-10-19/h2-14,24H,15-18H2,1H3,(H,26,28)/t24-/m1/s1. The number of hydrogen-bond acceptors (Lipinski definition) is 2. The number of carbonyl (C=O) groups excluding carboxylic acids is 1. The van der Waals surface area contributed by atoms with Gasteiger partial charge in [0.25, 0.3) is 0 Å². The van der Waals surface area contributed by atoms with E-state index < -0.39 is 0 Å². The minimum absolute atomic E-state index is 0.0346. The molecule has 1 atom stereocenters. The Hall–Kier alpha value is -2.91. The van der Waals surface area contributed by atoms with Crippen LogP contribution in [0.25, 0.3) is 0 Å². The fourth-order valence-corrected chi connectivity index (χ4v) is 4.13. The molecule has 0 unspecified atom stereocenters. The first-order valence-corrected chi connectivity index (χ1v) is 9.90. The number of carbonyl (C=O) groups is 1. The Morgan fingerprint density at radius 2 is 1.68 bits per heavy atom. The van der Waals surface area contributed by atoms with Gasteiger partial charge in [-0.1, -0.05) is 72.8 Å². The van der Waals surface area contributed by atoms with Crippen molar-refractivity contribution in [3.05, 3.63) is 101 Å². The van der Waals surface area contributed by atoms with Gasteiger partial charge in [-0.15, -0.1) is 0 Å². The summed E-state index contributed by atoms with van der Waals surface area (Å²) in [5, 5.41) is 3.13. The lowest BCUT2D eigenvalue weighted by molar-refractivity contribution is -0.117. The van der Waals surface area contributed by atoms with Gasteiger partial charge >= 0.3 is 0 Å². The van der Waals surface area contributed by atoms with Crippen molar-refractivity contribution >= 4 is 11.6 Å². The maximum absolute atomic E-state index is 12.7. The van der Waals surface area contributed by atoms with E-state index in [4.69, 9.17) is 0 Å². The van der Waals surface area contributed by atoms with Crippen LogP contribution in [-0.2, 0) is 17.6 Å². The number of amides is 1. The van der Waals surface area contributed by atoms with Gasteiger partial charge in [0.2, 0.25) is 5.91 Å². The Bertz CT molecular complexity index is 952. The van der Waals surface area contributed by atoms with Gasteiger partial charge in [-0.25, -0.2) is 0 Å². The fourth-order valence-electron chi connectivity index (χ4n) is 4.13. The molecule has 1 N–H and O–H groups in total. The van der Waals surface area contributed by atoms with E-state index >= 15 is 0 Å². The van der Waals surface area contributed by atoms with Crippen molar-refractivity contribution < 1.29 is 4.79 Å². The highest BCUT2D eigenvalue weighted by molar-refractivity contribution is 5.93. The van der Waals surface area contributed by atoms with Crippen LogP contribution in [0.4, 0.5) is 5.69 Å². The highest BCUT2D eigenvalue weighted by Gasteiger charge is 2.26. The summed E-state index contributed by atoms with van der Waals surface area (Å²) in [7, 11) is 2.04. The van der Waals surface area contributed by atoms with Crippen LogP contribution in [0.1, 0.15) is 34.7 Å². The van der Waals surface area contributed by atoms with Crippen molar-refractivity contribution in [2.24, 2.45) is 0 Å². The number of para-hydroxylation sites is 1. The number of rotatable bonds is 6. The Morgan fingerprint density at radius 1 is 0.964 bits per heavy atom. The van der Waals surface area contributed by atoms with E-state index in [-0.39, 0.29) is 5.91 Å². The van der Waals surface area contributed by atoms with Crippen molar-refractivity contribution in [1.29, 1.82) is 0 Å². The summed E-state index contributed by atoms with van der Waals surface area (Å²) in [5.74, 6) is 0.0346. The molecule has 3 heteroatoms. The highest BCUT2D eigenvalue weighted by atomic mass is 16.2. The van der Waals surface area contributed by atoms with Crippen molar-refractivity contribution in [2.45, 2.75) is 25.3 Å². The van der Waals surface area contributed by atoms with Crippen LogP contribution in [0.15, 0.2) is 78.9 Å². The average molecular weight is 370 g/mol. The van der Waals surface area contributed by atoms with E-state index in [1.165, 1.54) is 16.7 Å².